The molecule has 2 heterocycles. The van der Waals surface area contributed by atoms with Gasteiger partial charge >= 0.3 is 0 Å². The van der Waals surface area contributed by atoms with Crippen LogP contribution in [0.4, 0.5) is 0 Å². The maximum absolute atomic E-state index is 4.32. The van der Waals surface area contributed by atoms with Crippen LogP contribution in [-0.2, 0) is 6.54 Å². The third-order valence-corrected chi connectivity index (χ3v) is 3.42. The molecule has 4 heteroatoms. The summed E-state index contributed by atoms with van der Waals surface area (Å²) in [5.41, 5.74) is 1.06. The summed E-state index contributed by atoms with van der Waals surface area (Å²) >= 11 is 0. The average Bonchev–Trinajstić information content (AvgIpc) is 2.33. The van der Waals surface area contributed by atoms with Gasteiger partial charge in [0.15, 0.2) is 0 Å². The Morgan fingerprint density at radius 2 is 2.38 bits per heavy atom. The number of rotatable bonds is 3. The predicted octanol–water partition coefficient (Wildman–Crippen LogP) is 0.906. The molecule has 1 fully saturated rings. The molecule has 4 nitrogen and oxygen atoms in total. The standard InChI is InChI=1S/C12H20N4/c1-10-3-6-16(9-12(10)13-2)8-11-7-14-4-5-15-11/h4-5,7,10,12-13H,3,6,8-9H2,1-2H3. The first kappa shape index (κ1) is 11.5. The van der Waals surface area contributed by atoms with Gasteiger partial charge in [-0.05, 0) is 25.9 Å². The van der Waals surface area contributed by atoms with Crippen molar-refractivity contribution in [3.8, 4) is 0 Å². The number of aromatic nitrogens is 2. The molecule has 1 aromatic rings. The van der Waals surface area contributed by atoms with Gasteiger partial charge < -0.3 is 5.32 Å². The molecule has 1 aliphatic rings. The van der Waals surface area contributed by atoms with Crippen molar-refractivity contribution in [2.24, 2.45) is 5.92 Å². The fraction of sp³-hybridized carbons (Fsp3) is 0.667. The van der Waals surface area contributed by atoms with E-state index in [1.807, 2.05) is 13.2 Å². The SMILES string of the molecule is CNC1CN(Cc2cnccn2)CCC1C. The number of hydrogen-bond donors (Lipinski definition) is 1. The van der Waals surface area contributed by atoms with Crippen LogP contribution in [0.15, 0.2) is 18.6 Å². The van der Waals surface area contributed by atoms with Crippen LogP contribution in [0.25, 0.3) is 0 Å². The summed E-state index contributed by atoms with van der Waals surface area (Å²) in [6.07, 6.45) is 6.59. The molecule has 0 radical (unpaired) electrons. The molecule has 2 unspecified atom stereocenters. The highest BCUT2D eigenvalue weighted by Gasteiger charge is 2.24. The average molecular weight is 220 g/mol. The minimum absolute atomic E-state index is 0.602. The number of likely N-dealkylation sites (N-methyl/N-ethyl adjacent to an activating group) is 1. The molecule has 1 aliphatic heterocycles. The minimum atomic E-state index is 0.602. The van der Waals surface area contributed by atoms with E-state index >= 15 is 0 Å². The lowest BCUT2D eigenvalue weighted by Gasteiger charge is -2.36. The maximum Gasteiger partial charge on any atom is 0.0726 e. The van der Waals surface area contributed by atoms with Crippen molar-refractivity contribution in [1.82, 2.24) is 20.2 Å². The molecule has 0 bridgehead atoms. The van der Waals surface area contributed by atoms with Crippen LogP contribution in [0.3, 0.4) is 0 Å². The summed E-state index contributed by atoms with van der Waals surface area (Å²) in [5.74, 6) is 0.767. The fourth-order valence-corrected chi connectivity index (χ4v) is 2.30. The molecule has 16 heavy (non-hydrogen) atoms. The quantitative estimate of drug-likeness (QED) is 0.822. The van der Waals surface area contributed by atoms with Crippen molar-refractivity contribution in [1.29, 1.82) is 0 Å². The third-order valence-electron chi connectivity index (χ3n) is 3.42. The van der Waals surface area contributed by atoms with Crippen molar-refractivity contribution in [2.75, 3.05) is 20.1 Å². The van der Waals surface area contributed by atoms with Crippen molar-refractivity contribution in [3.63, 3.8) is 0 Å². The Hall–Kier alpha value is -1.00. The van der Waals surface area contributed by atoms with Gasteiger partial charge in [-0.25, -0.2) is 0 Å². The van der Waals surface area contributed by atoms with Crippen LogP contribution in [-0.4, -0.2) is 41.0 Å². The molecule has 88 valence electrons. The zero-order valence-corrected chi connectivity index (χ0v) is 10.1. The summed E-state index contributed by atoms with van der Waals surface area (Å²) in [6.45, 7) is 5.50. The van der Waals surface area contributed by atoms with Gasteiger partial charge in [0, 0.05) is 37.7 Å². The van der Waals surface area contributed by atoms with E-state index in [1.54, 1.807) is 12.4 Å². The zero-order chi connectivity index (χ0) is 11.4. The Bertz CT molecular complexity index is 314. The second-order valence-corrected chi connectivity index (χ2v) is 4.59. The maximum atomic E-state index is 4.32. The first-order valence-electron chi connectivity index (χ1n) is 5.94. The first-order valence-corrected chi connectivity index (χ1v) is 5.94. The van der Waals surface area contributed by atoms with Gasteiger partial charge in [0.05, 0.1) is 5.69 Å². The number of nitrogens with zero attached hydrogens (tertiary/aromatic N) is 3. The minimum Gasteiger partial charge on any atom is -0.315 e. The highest BCUT2D eigenvalue weighted by molar-refractivity contribution is 4.95. The van der Waals surface area contributed by atoms with Gasteiger partial charge in [0.1, 0.15) is 0 Å². The van der Waals surface area contributed by atoms with E-state index in [-0.39, 0.29) is 0 Å². The summed E-state index contributed by atoms with van der Waals surface area (Å²) in [6, 6.07) is 0.602. The first-order chi connectivity index (χ1) is 7.79. The molecule has 0 amide bonds. The van der Waals surface area contributed by atoms with Gasteiger partial charge in [0.25, 0.3) is 0 Å². The van der Waals surface area contributed by atoms with E-state index in [4.69, 9.17) is 0 Å². The normalized spacial score (nSPS) is 26.9. The molecule has 0 spiro atoms. The Morgan fingerprint density at radius 3 is 3.06 bits per heavy atom. The Labute approximate surface area is 97.1 Å². The van der Waals surface area contributed by atoms with Crippen molar-refractivity contribution in [2.45, 2.75) is 25.9 Å². The molecular formula is C12H20N4. The Morgan fingerprint density at radius 1 is 1.50 bits per heavy atom. The fourth-order valence-electron chi connectivity index (χ4n) is 2.30. The van der Waals surface area contributed by atoms with Crippen molar-refractivity contribution in [3.05, 3.63) is 24.3 Å². The van der Waals surface area contributed by atoms with Crippen LogP contribution in [0, 0.1) is 5.92 Å². The van der Waals surface area contributed by atoms with Gasteiger partial charge in [0.2, 0.25) is 0 Å². The lowest BCUT2D eigenvalue weighted by molar-refractivity contribution is 0.145. The second-order valence-electron chi connectivity index (χ2n) is 4.59. The summed E-state index contributed by atoms with van der Waals surface area (Å²) in [7, 11) is 2.05. The number of likely N-dealkylation sites (tertiary alicyclic amines) is 1. The molecule has 1 aromatic heterocycles. The monoisotopic (exact) mass is 220 g/mol. The lowest BCUT2D eigenvalue weighted by atomic mass is 9.93. The smallest absolute Gasteiger partial charge is 0.0726 e. The van der Waals surface area contributed by atoms with Crippen molar-refractivity contribution >= 4 is 0 Å². The molecule has 2 rings (SSSR count). The van der Waals surface area contributed by atoms with E-state index in [0.717, 1.165) is 31.2 Å². The van der Waals surface area contributed by atoms with Gasteiger partial charge in [-0.3, -0.25) is 14.9 Å². The van der Waals surface area contributed by atoms with Crippen LogP contribution in [0.5, 0.6) is 0 Å². The molecule has 0 saturated carbocycles. The molecule has 0 aromatic carbocycles. The number of hydrogen-bond acceptors (Lipinski definition) is 4. The highest BCUT2D eigenvalue weighted by atomic mass is 15.2. The summed E-state index contributed by atoms with van der Waals surface area (Å²) in [5, 5.41) is 3.39. The Balaban J connectivity index is 1.92. The van der Waals surface area contributed by atoms with E-state index < -0.39 is 0 Å². The van der Waals surface area contributed by atoms with Crippen molar-refractivity contribution < 1.29 is 0 Å². The van der Waals surface area contributed by atoms with Gasteiger partial charge in [-0.2, -0.15) is 0 Å². The van der Waals surface area contributed by atoms with Crippen LogP contribution >= 0.6 is 0 Å². The molecule has 0 aliphatic carbocycles. The highest BCUT2D eigenvalue weighted by Crippen LogP contribution is 2.17. The lowest BCUT2D eigenvalue weighted by Crippen LogP contribution is -2.48. The topological polar surface area (TPSA) is 41.0 Å². The predicted molar refractivity (Wildman–Crippen MR) is 63.9 cm³/mol. The number of piperidine rings is 1. The Kier molecular flexibility index (Phi) is 3.85. The van der Waals surface area contributed by atoms with E-state index in [0.29, 0.717) is 6.04 Å². The van der Waals surface area contributed by atoms with Crippen LogP contribution < -0.4 is 5.32 Å². The van der Waals surface area contributed by atoms with E-state index in [2.05, 4.69) is 27.1 Å². The molecule has 1 saturated heterocycles. The van der Waals surface area contributed by atoms with Crippen LogP contribution in [0.1, 0.15) is 19.0 Å². The largest absolute Gasteiger partial charge is 0.315 e. The number of nitrogens with one attached hydrogen (secondary N) is 1. The van der Waals surface area contributed by atoms with Crippen LogP contribution in [0.2, 0.25) is 0 Å². The molecule has 1 N–H and O–H groups in total. The third kappa shape index (κ3) is 2.77. The van der Waals surface area contributed by atoms with E-state index in [1.165, 1.54) is 6.42 Å². The van der Waals surface area contributed by atoms with Gasteiger partial charge in [-0.1, -0.05) is 6.92 Å². The zero-order valence-electron chi connectivity index (χ0n) is 10.1. The molecule has 2 atom stereocenters. The second kappa shape index (κ2) is 5.37. The molecular weight excluding hydrogens is 200 g/mol. The summed E-state index contributed by atoms with van der Waals surface area (Å²) in [4.78, 5) is 10.9. The van der Waals surface area contributed by atoms with Gasteiger partial charge in [-0.15, -0.1) is 0 Å². The van der Waals surface area contributed by atoms with E-state index in [9.17, 15) is 0 Å². The summed E-state index contributed by atoms with van der Waals surface area (Å²) < 4.78 is 0.